The number of nitrogens with zero attached hydrogens (tertiary/aromatic N) is 1. The van der Waals surface area contributed by atoms with Gasteiger partial charge in [-0.2, -0.15) is 0 Å². The molecule has 1 aliphatic rings. The van der Waals surface area contributed by atoms with E-state index < -0.39 is 17.7 Å². The predicted octanol–water partition coefficient (Wildman–Crippen LogP) is 3.78. The Labute approximate surface area is 197 Å². The summed E-state index contributed by atoms with van der Waals surface area (Å²) in [7, 11) is 0. The molecule has 0 saturated heterocycles. The molecule has 1 aromatic carbocycles. The van der Waals surface area contributed by atoms with E-state index in [1.165, 1.54) is 0 Å². The molecule has 0 aromatic heterocycles. The fourth-order valence-electron chi connectivity index (χ4n) is 3.88. The Morgan fingerprint density at radius 3 is 2.45 bits per heavy atom. The van der Waals surface area contributed by atoms with Crippen molar-refractivity contribution in [3.05, 3.63) is 35.4 Å². The maximum atomic E-state index is 13.5. The number of nitrogens with one attached hydrogen (secondary N) is 2. The van der Waals surface area contributed by atoms with Gasteiger partial charge in [0.2, 0.25) is 11.8 Å². The molecule has 7 heteroatoms. The van der Waals surface area contributed by atoms with Crippen molar-refractivity contribution in [2.75, 3.05) is 6.54 Å². The van der Waals surface area contributed by atoms with Crippen molar-refractivity contribution in [3.63, 3.8) is 0 Å². The number of terminal acetylenes is 1. The van der Waals surface area contributed by atoms with Gasteiger partial charge in [-0.15, -0.1) is 6.42 Å². The second-order valence-electron chi connectivity index (χ2n) is 9.77. The lowest BCUT2D eigenvalue weighted by molar-refractivity contribution is -0.141. The Kier molecular flexibility index (Phi) is 8.92. The van der Waals surface area contributed by atoms with Crippen LogP contribution in [0.15, 0.2) is 24.3 Å². The summed E-state index contributed by atoms with van der Waals surface area (Å²) in [6, 6.07) is 6.13. The van der Waals surface area contributed by atoms with Crippen LogP contribution in [0.1, 0.15) is 78.0 Å². The fourth-order valence-corrected chi connectivity index (χ4v) is 3.88. The molecule has 33 heavy (non-hydrogen) atoms. The van der Waals surface area contributed by atoms with Crippen LogP contribution in [-0.4, -0.2) is 47.0 Å². The minimum Gasteiger partial charge on any atom is -0.444 e. The number of rotatable bonds is 9. The molecule has 0 bridgehead atoms. The fraction of sp³-hybridized carbons (Fsp3) is 0.577. The third-order valence-electron chi connectivity index (χ3n) is 5.54. The molecular weight excluding hydrogens is 418 g/mol. The molecule has 4 unspecified atom stereocenters. The summed E-state index contributed by atoms with van der Waals surface area (Å²) in [6.45, 7) is 11.0. The van der Waals surface area contributed by atoms with Gasteiger partial charge >= 0.3 is 6.09 Å². The maximum absolute atomic E-state index is 13.5. The van der Waals surface area contributed by atoms with Gasteiger partial charge in [0, 0.05) is 17.6 Å². The molecule has 3 amide bonds. The minimum absolute atomic E-state index is 0.0449. The van der Waals surface area contributed by atoms with E-state index in [9.17, 15) is 14.4 Å². The lowest BCUT2D eigenvalue weighted by atomic mass is 9.97. The first-order valence-electron chi connectivity index (χ1n) is 11.6. The SMILES string of the molecule is C#Cc1ccccc1C(C(=O)NC(C)CCC)N(C(=O)CNC(=O)OC(C)(C)C)C1CC1C. The summed E-state index contributed by atoms with van der Waals surface area (Å²) < 4.78 is 5.25. The van der Waals surface area contributed by atoms with Crippen LogP contribution in [0, 0.1) is 18.3 Å². The lowest BCUT2D eigenvalue weighted by Crippen LogP contribution is -2.50. The van der Waals surface area contributed by atoms with Crippen molar-refractivity contribution in [2.45, 2.75) is 84.5 Å². The number of ether oxygens (including phenoxy) is 1. The lowest BCUT2D eigenvalue weighted by Gasteiger charge is -2.33. The molecule has 180 valence electrons. The maximum Gasteiger partial charge on any atom is 0.408 e. The van der Waals surface area contributed by atoms with E-state index in [4.69, 9.17) is 11.2 Å². The van der Waals surface area contributed by atoms with Crippen molar-refractivity contribution in [1.82, 2.24) is 15.5 Å². The number of hydrogen-bond donors (Lipinski definition) is 2. The Balaban J connectivity index is 2.36. The number of amides is 3. The van der Waals surface area contributed by atoms with Gasteiger partial charge in [0.15, 0.2) is 0 Å². The summed E-state index contributed by atoms with van der Waals surface area (Å²) in [6.07, 6.45) is 7.58. The van der Waals surface area contributed by atoms with Gasteiger partial charge in [0.25, 0.3) is 0 Å². The van der Waals surface area contributed by atoms with Crippen LogP contribution in [0.2, 0.25) is 0 Å². The zero-order chi connectivity index (χ0) is 24.8. The summed E-state index contributed by atoms with van der Waals surface area (Å²) in [4.78, 5) is 40.6. The molecule has 1 aromatic rings. The predicted molar refractivity (Wildman–Crippen MR) is 128 cm³/mol. The molecule has 2 N–H and O–H groups in total. The highest BCUT2D eigenvalue weighted by Gasteiger charge is 2.46. The zero-order valence-corrected chi connectivity index (χ0v) is 20.6. The Morgan fingerprint density at radius 2 is 1.91 bits per heavy atom. The van der Waals surface area contributed by atoms with E-state index in [-0.39, 0.29) is 36.4 Å². The molecule has 1 saturated carbocycles. The standard InChI is InChI=1S/C26H37N3O4/c1-8-12-18(4)28-24(31)23(20-14-11-10-13-19(20)9-2)29(21-15-17(21)3)22(30)16-27-25(32)33-26(5,6)7/h2,10-11,13-14,17-18,21,23H,8,12,15-16H2,1,3-7H3,(H,27,32)(H,28,31). The summed E-state index contributed by atoms with van der Waals surface area (Å²) in [5, 5.41) is 5.57. The van der Waals surface area contributed by atoms with Crippen LogP contribution in [0.5, 0.6) is 0 Å². The van der Waals surface area contributed by atoms with Crippen LogP contribution in [-0.2, 0) is 14.3 Å². The van der Waals surface area contributed by atoms with Gasteiger partial charge in [0.1, 0.15) is 18.2 Å². The van der Waals surface area contributed by atoms with Crippen molar-refractivity contribution >= 4 is 17.9 Å². The molecule has 1 fully saturated rings. The molecule has 7 nitrogen and oxygen atoms in total. The Hall–Kier alpha value is -3.01. The third kappa shape index (κ3) is 7.52. The Morgan fingerprint density at radius 1 is 1.27 bits per heavy atom. The Bertz CT molecular complexity index is 900. The van der Waals surface area contributed by atoms with Crippen molar-refractivity contribution in [2.24, 2.45) is 5.92 Å². The minimum atomic E-state index is -0.889. The van der Waals surface area contributed by atoms with Crippen LogP contribution in [0.25, 0.3) is 0 Å². The molecule has 0 aliphatic heterocycles. The van der Waals surface area contributed by atoms with Gasteiger partial charge in [-0.1, -0.05) is 44.4 Å². The first kappa shape index (κ1) is 26.2. The van der Waals surface area contributed by atoms with E-state index in [0.717, 1.165) is 19.3 Å². The molecule has 1 aliphatic carbocycles. The number of alkyl carbamates (subject to hydrolysis) is 1. The molecule has 2 rings (SSSR count). The van der Waals surface area contributed by atoms with E-state index in [1.54, 1.807) is 37.8 Å². The van der Waals surface area contributed by atoms with Gasteiger partial charge in [-0.3, -0.25) is 9.59 Å². The van der Waals surface area contributed by atoms with Crippen molar-refractivity contribution < 1.29 is 19.1 Å². The number of benzene rings is 1. The van der Waals surface area contributed by atoms with E-state index in [2.05, 4.69) is 23.5 Å². The van der Waals surface area contributed by atoms with E-state index >= 15 is 0 Å². The molecule has 0 spiro atoms. The average molecular weight is 456 g/mol. The van der Waals surface area contributed by atoms with E-state index in [1.807, 2.05) is 26.0 Å². The monoisotopic (exact) mass is 455 g/mol. The third-order valence-corrected chi connectivity index (χ3v) is 5.54. The first-order chi connectivity index (χ1) is 15.5. The second kappa shape index (κ2) is 11.2. The zero-order valence-electron chi connectivity index (χ0n) is 20.6. The van der Waals surface area contributed by atoms with Crippen LogP contribution in [0.3, 0.4) is 0 Å². The largest absolute Gasteiger partial charge is 0.444 e. The van der Waals surface area contributed by atoms with Crippen LogP contribution < -0.4 is 10.6 Å². The van der Waals surface area contributed by atoms with E-state index in [0.29, 0.717) is 11.1 Å². The highest BCUT2D eigenvalue weighted by Crippen LogP contribution is 2.40. The second-order valence-corrected chi connectivity index (χ2v) is 9.77. The quantitative estimate of drug-likeness (QED) is 0.555. The molecule has 4 atom stereocenters. The van der Waals surface area contributed by atoms with Crippen LogP contribution in [0.4, 0.5) is 4.79 Å². The summed E-state index contributed by atoms with van der Waals surface area (Å²) in [5.41, 5.74) is 0.486. The van der Waals surface area contributed by atoms with Gasteiger partial charge in [-0.05, 0) is 58.1 Å². The topological polar surface area (TPSA) is 87.7 Å². The highest BCUT2D eigenvalue weighted by atomic mass is 16.6. The normalized spacial score (nSPS) is 18.9. The summed E-state index contributed by atoms with van der Waals surface area (Å²) >= 11 is 0. The van der Waals surface area contributed by atoms with Gasteiger partial charge in [0.05, 0.1) is 0 Å². The first-order valence-corrected chi connectivity index (χ1v) is 11.6. The smallest absolute Gasteiger partial charge is 0.408 e. The number of hydrogen-bond acceptors (Lipinski definition) is 4. The van der Waals surface area contributed by atoms with Crippen LogP contribution >= 0.6 is 0 Å². The van der Waals surface area contributed by atoms with Gasteiger partial charge in [-0.25, -0.2) is 4.79 Å². The summed E-state index contributed by atoms with van der Waals surface area (Å²) in [5.74, 6) is 2.26. The molecule has 0 radical (unpaired) electrons. The van der Waals surface area contributed by atoms with Gasteiger partial charge < -0.3 is 20.3 Å². The molecule has 0 heterocycles. The highest BCUT2D eigenvalue weighted by molar-refractivity contribution is 5.91. The number of carbonyl (C=O) groups is 3. The van der Waals surface area contributed by atoms with Crippen molar-refractivity contribution in [3.8, 4) is 12.3 Å². The average Bonchev–Trinajstić information content (AvgIpc) is 3.44. The van der Waals surface area contributed by atoms with Crippen molar-refractivity contribution in [1.29, 1.82) is 0 Å². The molecular formula is C26H37N3O4. The number of carbonyl (C=O) groups excluding carboxylic acids is 3.